The molecule has 0 aliphatic heterocycles. The summed E-state index contributed by atoms with van der Waals surface area (Å²) in [5, 5.41) is 20.1. The average molecular weight is 905 g/mol. The fourth-order valence-corrected chi connectivity index (χ4v) is 6.91. The number of aliphatic hydroxyl groups excluding tert-OH is 2. The molecular formula is C50H83NO11P+. The quantitative estimate of drug-likeness (QED) is 0.0145. The van der Waals surface area contributed by atoms with Crippen molar-refractivity contribution in [3.05, 3.63) is 95.6 Å². The number of esters is 2. The Kier molecular flexibility index (Phi) is 32.0. The number of hydrogen-bond donors (Lipinski definition) is 3. The molecule has 0 aliphatic rings. The fraction of sp³-hybridized carbons (Fsp3) is 0.640. The number of furan rings is 1. The van der Waals surface area contributed by atoms with Crippen LogP contribution in [0.3, 0.4) is 0 Å². The van der Waals surface area contributed by atoms with Crippen LogP contribution in [0.5, 0.6) is 0 Å². The SMILES string of the molecule is CC/C=C\C[C@@H](O)/C=C/C=C\C/C=C\C=C\[C@@H](O)/C=C\CCCC(=O)OC[C@H](COP(=O)(O)OCC[N+](C)(C)C)OC(=O)CCCCCCCCc1oc(CCCCC)c(C)c1C. The van der Waals surface area contributed by atoms with Crippen LogP contribution in [0, 0.1) is 13.8 Å². The number of quaternary nitrogens is 1. The molecule has 358 valence electrons. The number of ether oxygens (including phenoxy) is 2. The molecule has 12 nitrogen and oxygen atoms in total. The topological polar surface area (TPSA) is 162 Å². The minimum Gasteiger partial charge on any atom is -0.466 e. The lowest BCUT2D eigenvalue weighted by Gasteiger charge is -2.24. The first kappa shape index (κ1) is 57.7. The molecule has 1 rings (SSSR count). The van der Waals surface area contributed by atoms with Gasteiger partial charge in [-0.25, -0.2) is 4.57 Å². The van der Waals surface area contributed by atoms with Crippen LogP contribution in [0.4, 0.5) is 0 Å². The van der Waals surface area contributed by atoms with Gasteiger partial charge in [-0.2, -0.15) is 0 Å². The van der Waals surface area contributed by atoms with Gasteiger partial charge in [-0.15, -0.1) is 0 Å². The highest BCUT2D eigenvalue weighted by atomic mass is 31.2. The zero-order valence-corrected chi connectivity index (χ0v) is 40.6. The molecule has 63 heavy (non-hydrogen) atoms. The van der Waals surface area contributed by atoms with E-state index in [1.54, 1.807) is 30.4 Å². The van der Waals surface area contributed by atoms with Crippen LogP contribution < -0.4 is 0 Å². The van der Waals surface area contributed by atoms with Crippen molar-refractivity contribution in [1.29, 1.82) is 0 Å². The molecule has 1 heterocycles. The summed E-state index contributed by atoms with van der Waals surface area (Å²) in [4.78, 5) is 35.6. The number of aryl methyl sites for hydroxylation is 2. The largest absolute Gasteiger partial charge is 0.472 e. The van der Waals surface area contributed by atoms with Crippen molar-refractivity contribution < 1.29 is 56.7 Å². The smallest absolute Gasteiger partial charge is 0.466 e. The van der Waals surface area contributed by atoms with E-state index in [9.17, 15) is 29.3 Å². The number of allylic oxidation sites excluding steroid dienone is 8. The average Bonchev–Trinajstić information content (AvgIpc) is 3.49. The molecule has 0 fully saturated rings. The van der Waals surface area contributed by atoms with Gasteiger partial charge in [0.2, 0.25) is 0 Å². The minimum atomic E-state index is -4.45. The zero-order valence-electron chi connectivity index (χ0n) is 39.7. The summed E-state index contributed by atoms with van der Waals surface area (Å²) >= 11 is 0. The van der Waals surface area contributed by atoms with Crippen LogP contribution in [-0.2, 0) is 45.5 Å². The molecule has 0 saturated heterocycles. The highest BCUT2D eigenvalue weighted by Gasteiger charge is 2.27. The van der Waals surface area contributed by atoms with E-state index in [0.29, 0.717) is 43.1 Å². The molecule has 0 radical (unpaired) electrons. The third-order valence-corrected chi connectivity index (χ3v) is 11.1. The standard InChI is InChI=1S/C50H82NO11P/c1-8-10-22-30-44(52)31-24-17-13-12-14-18-25-32-45(53)33-26-21-29-36-49(54)58-40-46(41-60-63(56,57)59-39-38-51(5,6)7)61-50(55)37-28-20-16-15-19-27-35-48-43(4)42(3)47(62-48)34-23-11-9-2/h10,13-14,17-18,22,24-26,31-33,44-46,52-53H,8-9,11-12,15-16,19-21,23,27-30,34-41H2,1-7H3/p+1/b17-13-,18-14-,22-10-,31-24+,32-25+,33-26-/t44-,45-,46-/m1/s1. The molecule has 1 aromatic heterocycles. The number of nitrogens with zero attached hydrogens (tertiary/aromatic N) is 1. The number of carbonyl (C=O) groups excluding carboxylic acids is 2. The van der Waals surface area contributed by atoms with Crippen molar-refractivity contribution in [2.45, 2.75) is 162 Å². The summed E-state index contributed by atoms with van der Waals surface area (Å²) in [6, 6.07) is 0. The third kappa shape index (κ3) is 32.0. The van der Waals surface area contributed by atoms with E-state index < -0.39 is 44.7 Å². The van der Waals surface area contributed by atoms with Crippen LogP contribution >= 0.6 is 7.82 Å². The summed E-state index contributed by atoms with van der Waals surface area (Å²) in [6.45, 7) is 8.22. The fourth-order valence-electron chi connectivity index (χ4n) is 6.17. The number of unbranched alkanes of at least 4 members (excludes halogenated alkanes) is 8. The Morgan fingerprint density at radius 1 is 0.714 bits per heavy atom. The summed E-state index contributed by atoms with van der Waals surface area (Å²) in [5.74, 6) is 1.22. The zero-order chi connectivity index (χ0) is 46.8. The number of phosphoric acid groups is 1. The summed E-state index contributed by atoms with van der Waals surface area (Å²) in [5.41, 5.74) is 2.57. The van der Waals surface area contributed by atoms with Crippen molar-refractivity contribution in [3.8, 4) is 0 Å². The molecule has 1 unspecified atom stereocenters. The number of carbonyl (C=O) groups is 2. The molecule has 0 amide bonds. The molecule has 13 heteroatoms. The molecule has 1 aromatic rings. The number of phosphoric ester groups is 1. The predicted octanol–water partition coefficient (Wildman–Crippen LogP) is 10.6. The van der Waals surface area contributed by atoms with E-state index in [-0.39, 0.29) is 26.1 Å². The lowest BCUT2D eigenvalue weighted by Crippen LogP contribution is -2.37. The molecule has 0 aliphatic carbocycles. The van der Waals surface area contributed by atoms with E-state index >= 15 is 0 Å². The van der Waals surface area contributed by atoms with Crippen molar-refractivity contribution in [1.82, 2.24) is 0 Å². The highest BCUT2D eigenvalue weighted by molar-refractivity contribution is 7.47. The van der Waals surface area contributed by atoms with Gasteiger partial charge in [-0.05, 0) is 76.3 Å². The summed E-state index contributed by atoms with van der Waals surface area (Å²) < 4.78 is 40.5. The Bertz CT molecular complexity index is 1620. The Balaban J connectivity index is 2.48. The van der Waals surface area contributed by atoms with E-state index in [0.717, 1.165) is 69.3 Å². The normalized spacial score (nSPS) is 15.1. The van der Waals surface area contributed by atoms with E-state index in [4.69, 9.17) is 22.9 Å². The van der Waals surface area contributed by atoms with Crippen LogP contribution in [0.2, 0.25) is 0 Å². The maximum Gasteiger partial charge on any atom is 0.472 e. The van der Waals surface area contributed by atoms with Gasteiger partial charge in [0.05, 0.1) is 40.0 Å². The van der Waals surface area contributed by atoms with E-state index in [1.165, 1.54) is 24.0 Å². The third-order valence-electron chi connectivity index (χ3n) is 10.1. The van der Waals surface area contributed by atoms with Gasteiger partial charge in [0.15, 0.2) is 6.10 Å². The lowest BCUT2D eigenvalue weighted by atomic mass is 10.0. The first-order valence-corrected chi connectivity index (χ1v) is 24.8. The monoisotopic (exact) mass is 905 g/mol. The second-order valence-corrected chi connectivity index (χ2v) is 18.5. The van der Waals surface area contributed by atoms with Crippen LogP contribution in [0.25, 0.3) is 0 Å². The van der Waals surface area contributed by atoms with E-state index in [2.05, 4.69) is 27.7 Å². The number of aliphatic hydroxyl groups is 2. The molecule has 0 spiro atoms. The second kappa shape index (κ2) is 35.0. The molecular weight excluding hydrogens is 822 g/mol. The Morgan fingerprint density at radius 3 is 1.98 bits per heavy atom. The van der Waals surface area contributed by atoms with Crippen molar-refractivity contribution in [2.75, 3.05) is 47.5 Å². The minimum absolute atomic E-state index is 0.0145. The van der Waals surface area contributed by atoms with E-state index in [1.807, 2.05) is 63.7 Å². The van der Waals surface area contributed by atoms with Gasteiger partial charge in [0.25, 0.3) is 0 Å². The Morgan fingerprint density at radius 2 is 1.33 bits per heavy atom. The molecule has 0 bridgehead atoms. The maximum atomic E-state index is 12.8. The van der Waals surface area contributed by atoms with Gasteiger partial charge >= 0.3 is 19.8 Å². The predicted molar refractivity (Wildman–Crippen MR) is 253 cm³/mol. The highest BCUT2D eigenvalue weighted by Crippen LogP contribution is 2.43. The Labute approximate surface area is 380 Å². The van der Waals surface area contributed by atoms with Gasteiger partial charge < -0.3 is 33.5 Å². The summed E-state index contributed by atoms with van der Waals surface area (Å²) in [7, 11) is 1.32. The van der Waals surface area contributed by atoms with Crippen LogP contribution in [0.15, 0.2) is 77.3 Å². The molecule has 4 atom stereocenters. The maximum absolute atomic E-state index is 12.8. The van der Waals surface area contributed by atoms with Crippen molar-refractivity contribution >= 4 is 19.8 Å². The van der Waals surface area contributed by atoms with Crippen molar-refractivity contribution in [3.63, 3.8) is 0 Å². The van der Waals surface area contributed by atoms with Gasteiger partial charge in [-0.3, -0.25) is 18.6 Å². The summed E-state index contributed by atoms with van der Waals surface area (Å²) in [6.07, 6.45) is 34.4. The molecule has 3 N–H and O–H groups in total. The lowest BCUT2D eigenvalue weighted by molar-refractivity contribution is -0.870. The number of likely N-dealkylation sites (N-methyl/N-ethyl adjacent to an activating group) is 1. The van der Waals surface area contributed by atoms with Gasteiger partial charge in [-0.1, -0.05) is 125 Å². The number of rotatable bonds is 37. The van der Waals surface area contributed by atoms with Crippen LogP contribution in [0.1, 0.15) is 139 Å². The first-order valence-electron chi connectivity index (χ1n) is 23.3. The molecule has 0 saturated carbocycles. The molecule has 0 aromatic carbocycles. The van der Waals surface area contributed by atoms with Crippen molar-refractivity contribution in [2.24, 2.45) is 0 Å². The second-order valence-electron chi connectivity index (χ2n) is 17.0. The first-order chi connectivity index (χ1) is 30.1. The number of hydrogen-bond acceptors (Lipinski definition) is 10. The van der Waals surface area contributed by atoms with Gasteiger partial charge in [0, 0.05) is 25.7 Å². The van der Waals surface area contributed by atoms with Gasteiger partial charge in [0.1, 0.15) is 31.3 Å². The van der Waals surface area contributed by atoms with Crippen LogP contribution in [-0.4, -0.2) is 97.3 Å². The Hall–Kier alpha value is -3.35.